The number of hydrogen-bond acceptors (Lipinski definition) is 3. The lowest BCUT2D eigenvalue weighted by molar-refractivity contribution is 0.603. The summed E-state index contributed by atoms with van der Waals surface area (Å²) in [5.41, 5.74) is 0. The highest BCUT2D eigenvalue weighted by molar-refractivity contribution is 7.98. The van der Waals surface area contributed by atoms with E-state index in [1.807, 2.05) is 12.7 Å². The summed E-state index contributed by atoms with van der Waals surface area (Å²) in [4.78, 5) is 0. The molecule has 0 aliphatic heterocycles. The van der Waals surface area contributed by atoms with E-state index >= 15 is 0 Å². The van der Waals surface area contributed by atoms with Crippen molar-refractivity contribution in [2.75, 3.05) is 24.0 Å². The van der Waals surface area contributed by atoms with E-state index in [4.69, 9.17) is 0 Å². The Labute approximate surface area is 67.3 Å². The van der Waals surface area contributed by atoms with E-state index in [0.717, 1.165) is 12.2 Å². The molecule has 10 heavy (non-hydrogen) atoms. The molecule has 0 fully saturated rings. The maximum atomic E-state index is 10.6. The first-order valence-corrected chi connectivity index (χ1v) is 6.50. The lowest BCUT2D eigenvalue weighted by Gasteiger charge is -1.95. The summed E-state index contributed by atoms with van der Waals surface area (Å²) in [6, 6.07) is 0. The fourth-order valence-corrected chi connectivity index (χ4v) is 1.50. The normalized spacial score (nSPS) is 11.8. The lowest BCUT2D eigenvalue weighted by atomic mass is 10.4. The average Bonchev–Trinajstić information content (AvgIpc) is 1.78. The predicted molar refractivity (Wildman–Crippen MR) is 47.0 cm³/mol. The Morgan fingerprint density at radius 2 is 2.10 bits per heavy atom. The largest absolute Gasteiger partial charge is 0.229 e. The topological polar surface area (TPSA) is 34.1 Å². The van der Waals surface area contributed by atoms with E-state index in [1.165, 1.54) is 6.26 Å². The Morgan fingerprint density at radius 1 is 1.50 bits per heavy atom. The monoisotopic (exact) mass is 181 g/mol. The quantitative estimate of drug-likeness (QED) is 0.593. The SMILES string of the molecule is CSCC[CH]CS(C)(=O)=O. The number of hydrogen-bond donors (Lipinski definition) is 0. The maximum absolute atomic E-state index is 10.6. The van der Waals surface area contributed by atoms with Gasteiger partial charge in [0.15, 0.2) is 0 Å². The van der Waals surface area contributed by atoms with Crippen molar-refractivity contribution in [3.05, 3.63) is 6.42 Å². The third-order valence-electron chi connectivity index (χ3n) is 0.947. The maximum Gasteiger partial charge on any atom is 0.147 e. The van der Waals surface area contributed by atoms with Crippen molar-refractivity contribution in [2.45, 2.75) is 6.42 Å². The van der Waals surface area contributed by atoms with Crippen LogP contribution in [-0.2, 0) is 9.84 Å². The molecule has 0 aromatic rings. The molecule has 0 spiro atoms. The molecule has 61 valence electrons. The average molecular weight is 181 g/mol. The summed E-state index contributed by atoms with van der Waals surface area (Å²) in [7, 11) is -2.77. The number of thioether (sulfide) groups is 1. The molecule has 0 amide bonds. The van der Waals surface area contributed by atoms with Crippen molar-refractivity contribution in [1.82, 2.24) is 0 Å². The molecule has 0 aromatic heterocycles. The zero-order valence-corrected chi connectivity index (χ0v) is 7.96. The Kier molecular flexibility index (Phi) is 5.17. The molecule has 0 unspecified atom stereocenters. The van der Waals surface area contributed by atoms with Gasteiger partial charge in [-0.3, -0.25) is 0 Å². The van der Waals surface area contributed by atoms with Crippen LogP contribution in [0, 0.1) is 6.42 Å². The van der Waals surface area contributed by atoms with Crippen LogP contribution in [-0.4, -0.2) is 32.4 Å². The Hall–Kier alpha value is 0.300. The van der Waals surface area contributed by atoms with Crippen LogP contribution in [0.2, 0.25) is 0 Å². The molecule has 0 bridgehead atoms. The summed E-state index contributed by atoms with van der Waals surface area (Å²) in [6.07, 6.45) is 5.96. The predicted octanol–water partition coefficient (Wildman–Crippen LogP) is 0.988. The molecule has 0 N–H and O–H groups in total. The van der Waals surface area contributed by atoms with Crippen molar-refractivity contribution >= 4 is 21.6 Å². The third-order valence-corrected chi connectivity index (χ3v) is 2.43. The van der Waals surface area contributed by atoms with Crippen LogP contribution in [0.25, 0.3) is 0 Å². The minimum Gasteiger partial charge on any atom is -0.229 e. The molecule has 0 aliphatic carbocycles. The Bertz CT molecular complexity index is 161. The highest BCUT2D eigenvalue weighted by Crippen LogP contribution is 1.99. The van der Waals surface area contributed by atoms with Crippen LogP contribution in [0.15, 0.2) is 0 Å². The van der Waals surface area contributed by atoms with Gasteiger partial charge in [0.05, 0.1) is 5.75 Å². The summed E-state index contributed by atoms with van der Waals surface area (Å²) in [5.74, 6) is 1.23. The fourth-order valence-electron chi connectivity index (χ4n) is 0.499. The highest BCUT2D eigenvalue weighted by atomic mass is 32.2. The van der Waals surface area contributed by atoms with Gasteiger partial charge in [-0.1, -0.05) is 0 Å². The minimum absolute atomic E-state index is 0.216. The van der Waals surface area contributed by atoms with Gasteiger partial charge in [0.2, 0.25) is 0 Å². The standard InChI is InChI=1S/C6H13O2S2/c1-9-5-3-4-6-10(2,7)8/h4H,3,5-6H2,1-2H3. The fraction of sp³-hybridized carbons (Fsp3) is 0.833. The first kappa shape index (κ1) is 10.3. The van der Waals surface area contributed by atoms with Crippen molar-refractivity contribution in [3.8, 4) is 0 Å². The zero-order chi connectivity index (χ0) is 8.04. The summed E-state index contributed by atoms with van der Waals surface area (Å²) >= 11 is 1.73. The molecule has 0 aromatic carbocycles. The second-order valence-corrected chi connectivity index (χ2v) is 5.33. The van der Waals surface area contributed by atoms with Gasteiger partial charge in [0.1, 0.15) is 9.84 Å². The molecule has 0 aliphatic rings. The number of unbranched alkanes of at least 4 members (excludes halogenated alkanes) is 1. The molecular weight excluding hydrogens is 168 g/mol. The zero-order valence-electron chi connectivity index (χ0n) is 6.33. The van der Waals surface area contributed by atoms with Crippen molar-refractivity contribution < 1.29 is 8.42 Å². The van der Waals surface area contributed by atoms with E-state index in [0.29, 0.717) is 0 Å². The molecule has 0 saturated heterocycles. The molecule has 1 radical (unpaired) electrons. The van der Waals surface area contributed by atoms with Crippen LogP contribution in [0.4, 0.5) is 0 Å². The van der Waals surface area contributed by atoms with Crippen LogP contribution >= 0.6 is 11.8 Å². The van der Waals surface area contributed by atoms with Gasteiger partial charge in [-0.05, 0) is 24.9 Å². The van der Waals surface area contributed by atoms with Crippen molar-refractivity contribution in [2.24, 2.45) is 0 Å². The first-order valence-electron chi connectivity index (χ1n) is 3.04. The molecule has 4 heteroatoms. The van der Waals surface area contributed by atoms with Gasteiger partial charge >= 0.3 is 0 Å². The van der Waals surface area contributed by atoms with E-state index in [9.17, 15) is 8.42 Å². The minimum atomic E-state index is -2.77. The van der Waals surface area contributed by atoms with Crippen LogP contribution in [0.1, 0.15) is 6.42 Å². The van der Waals surface area contributed by atoms with Gasteiger partial charge in [-0.2, -0.15) is 11.8 Å². The van der Waals surface area contributed by atoms with Crippen LogP contribution < -0.4 is 0 Å². The highest BCUT2D eigenvalue weighted by Gasteiger charge is 1.99. The number of sulfone groups is 1. The second-order valence-electron chi connectivity index (χ2n) is 2.16. The van der Waals surface area contributed by atoms with E-state index in [-0.39, 0.29) is 5.75 Å². The lowest BCUT2D eigenvalue weighted by Crippen LogP contribution is -2.03. The summed E-state index contributed by atoms with van der Waals surface area (Å²) < 4.78 is 21.1. The van der Waals surface area contributed by atoms with Crippen LogP contribution in [0.5, 0.6) is 0 Å². The van der Waals surface area contributed by atoms with Crippen LogP contribution in [0.3, 0.4) is 0 Å². The van der Waals surface area contributed by atoms with E-state index in [2.05, 4.69) is 0 Å². The molecule has 0 saturated carbocycles. The molecule has 0 atom stereocenters. The first-order chi connectivity index (χ1) is 4.56. The number of rotatable bonds is 5. The Balaban J connectivity index is 3.21. The van der Waals surface area contributed by atoms with Gasteiger partial charge in [0, 0.05) is 6.26 Å². The smallest absolute Gasteiger partial charge is 0.147 e. The van der Waals surface area contributed by atoms with Crippen molar-refractivity contribution in [3.63, 3.8) is 0 Å². The van der Waals surface area contributed by atoms with Gasteiger partial charge in [-0.25, -0.2) is 8.42 Å². The van der Waals surface area contributed by atoms with Crippen molar-refractivity contribution in [1.29, 1.82) is 0 Å². The Morgan fingerprint density at radius 3 is 2.50 bits per heavy atom. The van der Waals surface area contributed by atoms with E-state index in [1.54, 1.807) is 11.8 Å². The van der Waals surface area contributed by atoms with E-state index < -0.39 is 9.84 Å². The summed E-state index contributed by atoms with van der Waals surface area (Å²) in [5, 5.41) is 0. The molecular formula is C6H13O2S2. The third kappa shape index (κ3) is 8.30. The second kappa shape index (κ2) is 5.02. The summed E-state index contributed by atoms with van der Waals surface area (Å²) in [6.45, 7) is 0. The molecule has 0 heterocycles. The molecule has 2 nitrogen and oxygen atoms in total. The molecule has 0 rings (SSSR count). The van der Waals surface area contributed by atoms with Gasteiger partial charge in [0.25, 0.3) is 0 Å². The van der Waals surface area contributed by atoms with Gasteiger partial charge in [-0.15, -0.1) is 0 Å². The van der Waals surface area contributed by atoms with Gasteiger partial charge < -0.3 is 0 Å².